The summed E-state index contributed by atoms with van der Waals surface area (Å²) in [6.07, 6.45) is 4.99. The molecule has 0 bridgehead atoms. The van der Waals surface area contributed by atoms with Gasteiger partial charge in [-0.05, 0) is 30.2 Å². The zero-order valence-corrected chi connectivity index (χ0v) is 24.3. The molecule has 1 atom stereocenters. The molecule has 5 nitrogen and oxygen atoms in total. The number of aromatic nitrogens is 1. The van der Waals surface area contributed by atoms with E-state index in [1.807, 2.05) is 60.7 Å². The van der Waals surface area contributed by atoms with Gasteiger partial charge in [0, 0.05) is 21.4 Å². The van der Waals surface area contributed by atoms with Crippen LogP contribution in [-0.2, 0) is 9.84 Å². The molecule has 0 saturated carbocycles. The first-order valence-electron chi connectivity index (χ1n) is 12.6. The monoisotopic (exact) mass is 600 g/mol. The predicted octanol–water partition coefficient (Wildman–Crippen LogP) is 7.28. The van der Waals surface area contributed by atoms with Crippen molar-refractivity contribution < 1.29 is 13.5 Å². The highest BCUT2D eigenvalue weighted by molar-refractivity contribution is 9.10. The van der Waals surface area contributed by atoms with E-state index < -0.39 is 15.9 Å². The van der Waals surface area contributed by atoms with Gasteiger partial charge >= 0.3 is 0 Å². The lowest BCUT2D eigenvalue weighted by Gasteiger charge is -2.15. The summed E-state index contributed by atoms with van der Waals surface area (Å²) in [7, 11) is -3.35. The molecule has 0 spiro atoms. The molecule has 1 heterocycles. The number of hydrogen-bond donors (Lipinski definition) is 1. The van der Waals surface area contributed by atoms with E-state index >= 15 is 0 Å². The number of aliphatic hydroxyl groups is 1. The van der Waals surface area contributed by atoms with Crippen molar-refractivity contribution in [2.24, 2.45) is 0 Å². The second-order valence-electron chi connectivity index (χ2n) is 9.07. The van der Waals surface area contributed by atoms with Gasteiger partial charge in [0.1, 0.15) is 11.1 Å². The molecule has 3 aromatic rings. The highest BCUT2D eigenvalue weighted by Crippen LogP contribution is 2.34. The minimum absolute atomic E-state index is 0.0970. The first-order valence-corrected chi connectivity index (χ1v) is 16.2. The summed E-state index contributed by atoms with van der Waals surface area (Å²) >= 11 is 4.68. The topological polar surface area (TPSA) is 91.1 Å². The average Bonchev–Trinajstić information content (AvgIpc) is 2.89. The highest BCUT2D eigenvalue weighted by atomic mass is 79.9. The van der Waals surface area contributed by atoms with Crippen molar-refractivity contribution in [1.82, 2.24) is 4.98 Å². The summed E-state index contributed by atoms with van der Waals surface area (Å²) in [5.74, 6) is -0.0516. The fraction of sp³-hybridized carbons (Fsp3) is 0.379. The Labute approximate surface area is 233 Å². The van der Waals surface area contributed by atoms with E-state index in [2.05, 4.69) is 28.9 Å². The molecular weight excluding hydrogens is 568 g/mol. The lowest BCUT2D eigenvalue weighted by molar-refractivity contribution is 0.222. The van der Waals surface area contributed by atoms with Crippen LogP contribution in [0.1, 0.15) is 51.0 Å². The number of nitrogens with zero attached hydrogens (tertiary/aromatic N) is 2. The van der Waals surface area contributed by atoms with E-state index in [0.29, 0.717) is 22.7 Å². The van der Waals surface area contributed by atoms with E-state index in [1.54, 1.807) is 0 Å². The first kappa shape index (κ1) is 29.4. The van der Waals surface area contributed by atoms with Gasteiger partial charge in [-0.2, -0.15) is 5.26 Å². The third kappa shape index (κ3) is 9.26. The Morgan fingerprint density at radius 2 is 1.68 bits per heavy atom. The first-order chi connectivity index (χ1) is 17.8. The fourth-order valence-electron chi connectivity index (χ4n) is 4.05. The molecule has 0 aliphatic heterocycles. The third-order valence-electron chi connectivity index (χ3n) is 5.99. The number of thioether (sulfide) groups is 1. The quantitative estimate of drug-likeness (QED) is 0.154. The van der Waals surface area contributed by atoms with Gasteiger partial charge in [-0.1, -0.05) is 97.4 Å². The largest absolute Gasteiger partial charge is 0.391 e. The van der Waals surface area contributed by atoms with Gasteiger partial charge in [-0.25, -0.2) is 13.4 Å². The zero-order chi connectivity index (χ0) is 26.7. The van der Waals surface area contributed by atoms with Crippen LogP contribution in [0.15, 0.2) is 70.2 Å². The number of sulfone groups is 1. The third-order valence-corrected chi connectivity index (χ3v) is 9.44. The molecule has 37 heavy (non-hydrogen) atoms. The lowest BCUT2D eigenvalue weighted by atomic mass is 9.99. The number of benzene rings is 2. The molecule has 1 aromatic heterocycles. The summed E-state index contributed by atoms with van der Waals surface area (Å²) in [6, 6.07) is 21.6. The molecule has 0 saturated heterocycles. The minimum Gasteiger partial charge on any atom is -0.391 e. The van der Waals surface area contributed by atoms with Crippen LogP contribution in [0.4, 0.5) is 0 Å². The highest BCUT2D eigenvalue weighted by Gasteiger charge is 2.20. The summed E-state index contributed by atoms with van der Waals surface area (Å²) < 4.78 is 26.0. The minimum atomic E-state index is -3.35. The molecule has 0 aliphatic carbocycles. The molecule has 0 amide bonds. The molecule has 8 heteroatoms. The van der Waals surface area contributed by atoms with E-state index in [-0.39, 0.29) is 17.3 Å². The van der Waals surface area contributed by atoms with Gasteiger partial charge in [0.25, 0.3) is 0 Å². The number of hydrogen-bond acceptors (Lipinski definition) is 6. The summed E-state index contributed by atoms with van der Waals surface area (Å²) in [5, 5.41) is 21.1. The maximum Gasteiger partial charge on any atom is 0.152 e. The molecular formula is C29H33BrN2O3S2. The van der Waals surface area contributed by atoms with Crippen molar-refractivity contribution in [3.05, 3.63) is 70.7 Å². The molecule has 2 aromatic carbocycles. The van der Waals surface area contributed by atoms with Gasteiger partial charge in [0.15, 0.2) is 9.84 Å². The summed E-state index contributed by atoms with van der Waals surface area (Å²) in [4.78, 5) is 4.75. The smallest absolute Gasteiger partial charge is 0.152 e. The summed E-state index contributed by atoms with van der Waals surface area (Å²) in [5.41, 5.74) is 3.67. The Balaban J connectivity index is 1.76. The number of pyridine rings is 1. The standard InChI is InChI=1S/C29H33BrN2O3S2/c1-2-3-4-5-6-10-17-37(34,35)21-25(33)20-36-29-27(19-31)26(22-11-8-7-9-12-22)18-28(32-29)23-13-15-24(30)16-14-23/h7-9,11-16,18,25,33H,2-6,10,17,20-21H2,1H3. The summed E-state index contributed by atoms with van der Waals surface area (Å²) in [6.45, 7) is 2.15. The van der Waals surface area contributed by atoms with Crippen molar-refractivity contribution in [2.45, 2.75) is 56.6 Å². The molecule has 1 unspecified atom stereocenters. The van der Waals surface area contributed by atoms with Crippen LogP contribution >= 0.6 is 27.7 Å². The molecule has 1 N–H and O–H groups in total. The number of rotatable bonds is 14. The van der Waals surface area contributed by atoms with Crippen LogP contribution in [0.5, 0.6) is 0 Å². The Morgan fingerprint density at radius 3 is 2.35 bits per heavy atom. The molecule has 3 rings (SSSR count). The van der Waals surface area contributed by atoms with Crippen molar-refractivity contribution >= 4 is 37.5 Å². The van der Waals surface area contributed by atoms with Crippen LogP contribution in [0, 0.1) is 11.3 Å². The molecule has 0 fully saturated rings. The van der Waals surface area contributed by atoms with Gasteiger partial charge in [0.2, 0.25) is 0 Å². The van der Waals surface area contributed by atoms with Crippen LogP contribution in [-0.4, -0.2) is 41.9 Å². The van der Waals surface area contributed by atoms with Crippen molar-refractivity contribution in [3.63, 3.8) is 0 Å². The second-order valence-corrected chi connectivity index (χ2v) is 13.2. The molecule has 0 aliphatic rings. The Morgan fingerprint density at radius 1 is 1.00 bits per heavy atom. The number of unbranched alkanes of at least 4 members (excludes halogenated alkanes) is 5. The molecule has 196 valence electrons. The van der Waals surface area contributed by atoms with Crippen LogP contribution in [0.3, 0.4) is 0 Å². The number of aliphatic hydroxyl groups excluding tert-OH is 1. The van der Waals surface area contributed by atoms with Crippen LogP contribution in [0.2, 0.25) is 0 Å². The van der Waals surface area contributed by atoms with E-state index in [9.17, 15) is 18.8 Å². The Kier molecular flexibility index (Phi) is 11.7. The molecule has 0 radical (unpaired) electrons. The van der Waals surface area contributed by atoms with Gasteiger partial charge in [-0.15, -0.1) is 11.8 Å². The zero-order valence-electron chi connectivity index (χ0n) is 21.1. The van der Waals surface area contributed by atoms with E-state index in [0.717, 1.165) is 46.8 Å². The van der Waals surface area contributed by atoms with Gasteiger partial charge in [-0.3, -0.25) is 0 Å². The maximum absolute atomic E-state index is 12.5. The van der Waals surface area contributed by atoms with E-state index in [1.165, 1.54) is 18.2 Å². The number of halogens is 1. The predicted molar refractivity (Wildman–Crippen MR) is 156 cm³/mol. The Bertz CT molecular complexity index is 1290. The fourth-order valence-corrected chi connectivity index (χ4v) is 6.91. The van der Waals surface area contributed by atoms with Crippen LogP contribution < -0.4 is 0 Å². The normalized spacial score (nSPS) is 12.3. The SMILES string of the molecule is CCCCCCCCS(=O)(=O)CC(O)CSc1nc(-c2ccc(Br)cc2)cc(-c2ccccc2)c1C#N. The van der Waals surface area contributed by atoms with Gasteiger partial charge < -0.3 is 5.11 Å². The average molecular weight is 602 g/mol. The maximum atomic E-state index is 12.5. The van der Waals surface area contributed by atoms with Crippen molar-refractivity contribution in [3.8, 4) is 28.5 Å². The van der Waals surface area contributed by atoms with E-state index in [4.69, 9.17) is 4.98 Å². The van der Waals surface area contributed by atoms with Crippen molar-refractivity contribution in [2.75, 3.05) is 17.3 Å². The Hall–Kier alpha value is -2.18. The van der Waals surface area contributed by atoms with Gasteiger partial charge in [0.05, 0.1) is 28.9 Å². The van der Waals surface area contributed by atoms with Crippen molar-refractivity contribution in [1.29, 1.82) is 5.26 Å². The van der Waals surface area contributed by atoms with Crippen LogP contribution in [0.25, 0.3) is 22.4 Å². The number of nitriles is 1. The lowest BCUT2D eigenvalue weighted by Crippen LogP contribution is -2.25. The second kappa shape index (κ2) is 14.7.